The minimum Gasteiger partial charge on any atom is -0.394 e. The van der Waals surface area contributed by atoms with Crippen LogP contribution in [0.5, 0.6) is 0 Å². The van der Waals surface area contributed by atoms with Crippen LogP contribution in [-0.2, 0) is 23.4 Å². The molecule has 100 valence electrons. The number of rotatable bonds is 4. The number of fused-ring (bicyclic) bond motifs is 1. The standard InChI is InChI=1S/C15H17NO2S/c17-10-15(16-8-13-5-3-7-19-13)11-18-9-12-4-1-2-6-14(12)15/h1-7,16-17H,8-11H2. The number of nitrogens with one attached hydrogen (secondary N) is 1. The first kappa shape index (κ1) is 12.8. The van der Waals surface area contributed by atoms with Crippen molar-refractivity contribution in [2.24, 2.45) is 0 Å². The van der Waals surface area contributed by atoms with Gasteiger partial charge >= 0.3 is 0 Å². The van der Waals surface area contributed by atoms with Gasteiger partial charge in [-0.25, -0.2) is 0 Å². The van der Waals surface area contributed by atoms with E-state index in [1.54, 1.807) is 11.3 Å². The van der Waals surface area contributed by atoms with Crippen LogP contribution in [-0.4, -0.2) is 18.3 Å². The van der Waals surface area contributed by atoms with Crippen molar-refractivity contribution in [2.45, 2.75) is 18.7 Å². The maximum Gasteiger partial charge on any atom is 0.0912 e. The summed E-state index contributed by atoms with van der Waals surface area (Å²) in [6.45, 7) is 1.91. The molecule has 1 aromatic heterocycles. The first-order valence-corrected chi connectivity index (χ1v) is 7.26. The van der Waals surface area contributed by atoms with E-state index < -0.39 is 5.54 Å². The Labute approximate surface area is 116 Å². The van der Waals surface area contributed by atoms with Crippen LogP contribution in [0.3, 0.4) is 0 Å². The van der Waals surface area contributed by atoms with E-state index >= 15 is 0 Å². The molecule has 1 aliphatic heterocycles. The number of hydrogen-bond donors (Lipinski definition) is 2. The molecule has 0 saturated heterocycles. The highest BCUT2D eigenvalue weighted by molar-refractivity contribution is 7.09. The molecule has 0 spiro atoms. The van der Waals surface area contributed by atoms with Crippen LogP contribution in [0, 0.1) is 0 Å². The van der Waals surface area contributed by atoms with E-state index in [9.17, 15) is 5.11 Å². The smallest absolute Gasteiger partial charge is 0.0912 e. The van der Waals surface area contributed by atoms with E-state index in [-0.39, 0.29) is 6.61 Å². The van der Waals surface area contributed by atoms with Crippen LogP contribution in [0.15, 0.2) is 41.8 Å². The number of benzene rings is 1. The summed E-state index contributed by atoms with van der Waals surface area (Å²) in [6.07, 6.45) is 0. The summed E-state index contributed by atoms with van der Waals surface area (Å²) in [6, 6.07) is 12.3. The van der Waals surface area contributed by atoms with Crippen LogP contribution in [0.25, 0.3) is 0 Å². The molecule has 1 aromatic carbocycles. The van der Waals surface area contributed by atoms with E-state index in [1.807, 2.05) is 18.2 Å². The minimum absolute atomic E-state index is 0.0371. The van der Waals surface area contributed by atoms with E-state index in [2.05, 4.69) is 28.9 Å². The monoisotopic (exact) mass is 275 g/mol. The van der Waals surface area contributed by atoms with E-state index in [0.717, 1.165) is 17.7 Å². The number of hydrogen-bond acceptors (Lipinski definition) is 4. The normalized spacial score (nSPS) is 22.2. The third-order valence-corrected chi connectivity index (χ3v) is 4.47. The summed E-state index contributed by atoms with van der Waals surface area (Å²) >= 11 is 1.72. The van der Waals surface area contributed by atoms with Crippen LogP contribution >= 0.6 is 11.3 Å². The predicted molar refractivity (Wildman–Crippen MR) is 76.0 cm³/mol. The molecule has 3 rings (SSSR count). The van der Waals surface area contributed by atoms with Gasteiger partial charge in [-0.1, -0.05) is 30.3 Å². The lowest BCUT2D eigenvalue weighted by atomic mass is 9.86. The fourth-order valence-electron chi connectivity index (χ4n) is 2.53. The molecule has 0 amide bonds. The molecule has 0 bridgehead atoms. The molecular formula is C15H17NO2S. The number of aliphatic hydroxyl groups excluding tert-OH is 1. The van der Waals surface area contributed by atoms with Gasteiger partial charge in [-0.05, 0) is 22.6 Å². The highest BCUT2D eigenvalue weighted by Crippen LogP contribution is 2.30. The van der Waals surface area contributed by atoms with E-state index in [1.165, 1.54) is 4.88 Å². The van der Waals surface area contributed by atoms with Crippen LogP contribution in [0.1, 0.15) is 16.0 Å². The Morgan fingerprint density at radius 1 is 1.26 bits per heavy atom. The molecule has 2 N–H and O–H groups in total. The van der Waals surface area contributed by atoms with Gasteiger partial charge in [0.25, 0.3) is 0 Å². The summed E-state index contributed by atoms with van der Waals surface area (Å²) < 4.78 is 5.65. The summed E-state index contributed by atoms with van der Waals surface area (Å²) in [5, 5.41) is 15.4. The average molecular weight is 275 g/mol. The lowest BCUT2D eigenvalue weighted by molar-refractivity contribution is 0.00635. The molecule has 4 heteroatoms. The second-order valence-electron chi connectivity index (χ2n) is 4.82. The van der Waals surface area contributed by atoms with E-state index in [0.29, 0.717) is 13.2 Å². The van der Waals surface area contributed by atoms with Crippen molar-refractivity contribution < 1.29 is 9.84 Å². The summed E-state index contributed by atoms with van der Waals surface area (Å²) in [5.41, 5.74) is 1.82. The summed E-state index contributed by atoms with van der Waals surface area (Å²) in [5.74, 6) is 0. The largest absolute Gasteiger partial charge is 0.394 e. The summed E-state index contributed by atoms with van der Waals surface area (Å²) in [7, 11) is 0. The zero-order chi connectivity index (χ0) is 13.1. The molecule has 0 fully saturated rings. The van der Waals surface area contributed by atoms with Gasteiger partial charge in [-0.2, -0.15) is 0 Å². The Hall–Kier alpha value is -1.20. The molecule has 1 aliphatic rings. The van der Waals surface area contributed by atoms with Crippen molar-refractivity contribution in [1.29, 1.82) is 0 Å². The first-order valence-electron chi connectivity index (χ1n) is 6.38. The summed E-state index contributed by atoms with van der Waals surface area (Å²) in [4.78, 5) is 1.26. The SMILES string of the molecule is OCC1(NCc2cccs2)COCc2ccccc21. The van der Waals surface area contributed by atoms with Gasteiger partial charge in [-0.15, -0.1) is 11.3 Å². The molecule has 2 aromatic rings. The fourth-order valence-corrected chi connectivity index (χ4v) is 3.17. The first-order chi connectivity index (χ1) is 9.34. The Balaban J connectivity index is 1.87. The number of aliphatic hydroxyl groups is 1. The highest BCUT2D eigenvalue weighted by atomic mass is 32.1. The van der Waals surface area contributed by atoms with Crippen molar-refractivity contribution in [3.63, 3.8) is 0 Å². The second kappa shape index (κ2) is 5.43. The van der Waals surface area contributed by atoms with Crippen molar-refractivity contribution in [3.8, 4) is 0 Å². The number of ether oxygens (including phenoxy) is 1. The zero-order valence-electron chi connectivity index (χ0n) is 10.6. The Bertz CT molecular complexity index is 541. The molecule has 0 saturated carbocycles. The molecule has 1 atom stereocenters. The molecule has 0 aliphatic carbocycles. The van der Waals surface area contributed by atoms with Gasteiger partial charge in [-0.3, -0.25) is 5.32 Å². The zero-order valence-corrected chi connectivity index (χ0v) is 11.5. The van der Waals surface area contributed by atoms with Gasteiger partial charge in [0, 0.05) is 11.4 Å². The van der Waals surface area contributed by atoms with Crippen molar-refractivity contribution in [1.82, 2.24) is 5.32 Å². The van der Waals surface area contributed by atoms with Gasteiger partial charge < -0.3 is 9.84 Å². The second-order valence-corrected chi connectivity index (χ2v) is 5.86. The van der Waals surface area contributed by atoms with Crippen molar-refractivity contribution >= 4 is 11.3 Å². The third-order valence-electron chi connectivity index (χ3n) is 3.59. The third kappa shape index (κ3) is 2.44. The maximum atomic E-state index is 9.88. The molecular weight excluding hydrogens is 258 g/mol. The minimum atomic E-state index is -0.487. The van der Waals surface area contributed by atoms with Crippen molar-refractivity contribution in [3.05, 3.63) is 57.8 Å². The molecule has 0 radical (unpaired) electrons. The lowest BCUT2D eigenvalue weighted by Gasteiger charge is -2.38. The van der Waals surface area contributed by atoms with E-state index in [4.69, 9.17) is 4.74 Å². The van der Waals surface area contributed by atoms with Crippen LogP contribution < -0.4 is 5.32 Å². The average Bonchev–Trinajstić information content (AvgIpc) is 2.98. The molecule has 1 unspecified atom stereocenters. The molecule has 3 nitrogen and oxygen atoms in total. The highest BCUT2D eigenvalue weighted by Gasteiger charge is 2.36. The van der Waals surface area contributed by atoms with Gasteiger partial charge in [0.2, 0.25) is 0 Å². The Morgan fingerprint density at radius 2 is 2.16 bits per heavy atom. The quantitative estimate of drug-likeness (QED) is 0.899. The predicted octanol–water partition coefficient (Wildman–Crippen LogP) is 2.26. The van der Waals surface area contributed by atoms with Gasteiger partial charge in [0.05, 0.1) is 25.4 Å². The Morgan fingerprint density at radius 3 is 2.95 bits per heavy atom. The number of thiophene rings is 1. The lowest BCUT2D eigenvalue weighted by Crippen LogP contribution is -2.51. The van der Waals surface area contributed by atoms with Crippen LogP contribution in [0.2, 0.25) is 0 Å². The van der Waals surface area contributed by atoms with Gasteiger partial charge in [0.15, 0.2) is 0 Å². The topological polar surface area (TPSA) is 41.5 Å². The Kier molecular flexibility index (Phi) is 3.66. The van der Waals surface area contributed by atoms with Gasteiger partial charge in [0.1, 0.15) is 0 Å². The molecule has 19 heavy (non-hydrogen) atoms. The fraction of sp³-hybridized carbons (Fsp3) is 0.333. The maximum absolute atomic E-state index is 9.88. The van der Waals surface area contributed by atoms with Crippen LogP contribution in [0.4, 0.5) is 0 Å². The van der Waals surface area contributed by atoms with Crippen molar-refractivity contribution in [2.75, 3.05) is 13.2 Å². The molecule has 2 heterocycles.